The van der Waals surface area contributed by atoms with Crippen LogP contribution in [0.3, 0.4) is 0 Å². The molecule has 1 aliphatic heterocycles. The molecule has 4 rings (SSSR count). The van der Waals surface area contributed by atoms with Crippen LogP contribution in [0.5, 0.6) is 0 Å². The smallest absolute Gasteiger partial charge is 0.348 e. The predicted octanol–water partition coefficient (Wildman–Crippen LogP) is 4.31. The molecule has 0 radical (unpaired) electrons. The van der Waals surface area contributed by atoms with Gasteiger partial charge in [0, 0.05) is 32.7 Å². The number of hydrogen-bond acceptors (Lipinski definition) is 5. The highest BCUT2D eigenvalue weighted by atomic mass is 32.1. The minimum Gasteiger partial charge on any atom is -0.460 e. The van der Waals surface area contributed by atoms with Crippen LogP contribution in [-0.4, -0.2) is 55.1 Å². The van der Waals surface area contributed by atoms with E-state index >= 15 is 0 Å². The zero-order chi connectivity index (χ0) is 19.9. The van der Waals surface area contributed by atoms with Gasteiger partial charge in [-0.2, -0.15) is 0 Å². The highest BCUT2D eigenvalue weighted by Gasteiger charge is 2.26. The van der Waals surface area contributed by atoms with Gasteiger partial charge in [-0.05, 0) is 22.6 Å². The first kappa shape index (κ1) is 19.8. The highest BCUT2D eigenvalue weighted by Crippen LogP contribution is 2.29. The standard InChI is InChI=1S/C24H26N2O2S/c27-24(22-12-7-19-29-22)28-18-17-25-13-15-26(16-14-25)23(20-8-3-1-4-9-20)21-10-5-2-6-11-21/h1-12,19,23H,13-18H2. The predicted molar refractivity (Wildman–Crippen MR) is 117 cm³/mol. The van der Waals surface area contributed by atoms with E-state index < -0.39 is 0 Å². The van der Waals surface area contributed by atoms with E-state index in [2.05, 4.69) is 70.5 Å². The molecule has 0 bridgehead atoms. The van der Waals surface area contributed by atoms with Gasteiger partial charge in [0.25, 0.3) is 0 Å². The normalized spacial score (nSPS) is 15.5. The first-order chi connectivity index (χ1) is 14.3. The Balaban J connectivity index is 1.33. The van der Waals surface area contributed by atoms with E-state index in [4.69, 9.17) is 4.74 Å². The lowest BCUT2D eigenvalue weighted by atomic mass is 9.96. The second-order valence-electron chi connectivity index (χ2n) is 7.21. The van der Waals surface area contributed by atoms with E-state index in [9.17, 15) is 4.79 Å². The fraction of sp³-hybridized carbons (Fsp3) is 0.292. The lowest BCUT2D eigenvalue weighted by Gasteiger charge is -2.39. The van der Waals surface area contributed by atoms with Crippen molar-refractivity contribution >= 4 is 17.3 Å². The number of esters is 1. The Morgan fingerprint density at radius 1 is 0.862 bits per heavy atom. The van der Waals surface area contributed by atoms with Crippen LogP contribution in [0.2, 0.25) is 0 Å². The zero-order valence-electron chi connectivity index (χ0n) is 16.4. The fourth-order valence-corrected chi connectivity index (χ4v) is 4.48. The molecule has 2 aromatic carbocycles. The van der Waals surface area contributed by atoms with Crippen molar-refractivity contribution in [2.45, 2.75) is 6.04 Å². The van der Waals surface area contributed by atoms with Gasteiger partial charge >= 0.3 is 5.97 Å². The van der Waals surface area contributed by atoms with Crippen LogP contribution in [-0.2, 0) is 4.74 Å². The molecule has 4 nitrogen and oxygen atoms in total. The molecule has 29 heavy (non-hydrogen) atoms. The number of benzene rings is 2. The molecule has 0 aliphatic carbocycles. The number of ether oxygens (including phenoxy) is 1. The second-order valence-corrected chi connectivity index (χ2v) is 8.16. The molecule has 5 heteroatoms. The maximum Gasteiger partial charge on any atom is 0.348 e. The van der Waals surface area contributed by atoms with Crippen molar-refractivity contribution in [3.8, 4) is 0 Å². The summed E-state index contributed by atoms with van der Waals surface area (Å²) in [6.07, 6.45) is 0. The van der Waals surface area contributed by atoms with Crippen molar-refractivity contribution in [2.24, 2.45) is 0 Å². The minimum absolute atomic E-state index is 0.216. The molecule has 0 saturated carbocycles. The van der Waals surface area contributed by atoms with Gasteiger partial charge in [-0.3, -0.25) is 9.80 Å². The summed E-state index contributed by atoms with van der Waals surface area (Å²) in [6, 6.07) is 25.4. The van der Waals surface area contributed by atoms with Crippen molar-refractivity contribution in [1.82, 2.24) is 9.80 Å². The Labute approximate surface area is 176 Å². The van der Waals surface area contributed by atoms with Gasteiger partial charge in [-0.25, -0.2) is 4.79 Å². The SMILES string of the molecule is O=C(OCCN1CCN(C(c2ccccc2)c2ccccc2)CC1)c1cccs1. The van der Waals surface area contributed by atoms with Crippen LogP contribution in [0.1, 0.15) is 26.8 Å². The Hall–Kier alpha value is -2.47. The number of rotatable bonds is 7. The third kappa shape index (κ3) is 5.12. The summed E-state index contributed by atoms with van der Waals surface area (Å²) < 4.78 is 5.42. The molecule has 0 spiro atoms. The van der Waals surface area contributed by atoms with Gasteiger partial charge in [0.2, 0.25) is 0 Å². The molecule has 0 unspecified atom stereocenters. The number of carbonyl (C=O) groups is 1. The molecular formula is C24H26N2O2S. The van der Waals surface area contributed by atoms with Gasteiger partial charge in [0.1, 0.15) is 11.5 Å². The summed E-state index contributed by atoms with van der Waals surface area (Å²) in [5.41, 5.74) is 2.66. The zero-order valence-corrected chi connectivity index (χ0v) is 17.3. The summed E-state index contributed by atoms with van der Waals surface area (Å²) in [6.45, 7) is 5.17. The Morgan fingerprint density at radius 3 is 2.03 bits per heavy atom. The summed E-state index contributed by atoms with van der Waals surface area (Å²) in [5, 5.41) is 1.89. The molecule has 0 amide bonds. The van der Waals surface area contributed by atoms with Crippen LogP contribution in [0, 0.1) is 0 Å². The third-order valence-electron chi connectivity index (χ3n) is 5.37. The summed E-state index contributed by atoms with van der Waals surface area (Å²) >= 11 is 1.42. The maximum absolute atomic E-state index is 12.0. The molecule has 1 aromatic heterocycles. The summed E-state index contributed by atoms with van der Waals surface area (Å²) in [7, 11) is 0. The van der Waals surface area contributed by atoms with Crippen molar-refractivity contribution in [1.29, 1.82) is 0 Å². The van der Waals surface area contributed by atoms with Crippen LogP contribution in [0.4, 0.5) is 0 Å². The van der Waals surface area contributed by atoms with Crippen LogP contribution < -0.4 is 0 Å². The summed E-state index contributed by atoms with van der Waals surface area (Å²) in [4.78, 5) is 17.6. The molecular weight excluding hydrogens is 380 g/mol. The summed E-state index contributed by atoms with van der Waals surface area (Å²) in [5.74, 6) is -0.216. The van der Waals surface area contributed by atoms with Gasteiger partial charge < -0.3 is 4.74 Å². The fourth-order valence-electron chi connectivity index (χ4n) is 3.86. The average Bonchev–Trinajstić information content (AvgIpc) is 3.32. The molecule has 1 aliphatic rings. The van der Waals surface area contributed by atoms with E-state index in [-0.39, 0.29) is 12.0 Å². The number of carbonyl (C=O) groups excluding carboxylic acids is 1. The maximum atomic E-state index is 12.0. The van der Waals surface area contributed by atoms with Crippen molar-refractivity contribution in [3.63, 3.8) is 0 Å². The second kappa shape index (κ2) is 9.83. The van der Waals surface area contributed by atoms with E-state index in [1.165, 1.54) is 22.5 Å². The quantitative estimate of drug-likeness (QED) is 0.548. The number of piperazine rings is 1. The van der Waals surface area contributed by atoms with Gasteiger partial charge in [-0.1, -0.05) is 66.7 Å². The first-order valence-electron chi connectivity index (χ1n) is 10.1. The third-order valence-corrected chi connectivity index (χ3v) is 6.22. The van der Waals surface area contributed by atoms with Crippen molar-refractivity contribution in [3.05, 3.63) is 94.2 Å². The average molecular weight is 407 g/mol. The molecule has 1 fully saturated rings. The number of thiophene rings is 1. The van der Waals surface area contributed by atoms with E-state index in [0.717, 1.165) is 32.7 Å². The lowest BCUT2D eigenvalue weighted by molar-refractivity contribution is 0.0412. The molecule has 1 saturated heterocycles. The lowest BCUT2D eigenvalue weighted by Crippen LogP contribution is -2.48. The van der Waals surface area contributed by atoms with Crippen LogP contribution >= 0.6 is 11.3 Å². The molecule has 3 aromatic rings. The Morgan fingerprint density at radius 2 is 1.48 bits per heavy atom. The topological polar surface area (TPSA) is 32.8 Å². The van der Waals surface area contributed by atoms with Gasteiger partial charge in [0.05, 0.1) is 6.04 Å². The van der Waals surface area contributed by atoms with Gasteiger partial charge in [-0.15, -0.1) is 11.3 Å². The van der Waals surface area contributed by atoms with E-state index in [0.29, 0.717) is 11.5 Å². The van der Waals surface area contributed by atoms with Crippen LogP contribution in [0.25, 0.3) is 0 Å². The molecule has 150 valence electrons. The molecule has 0 atom stereocenters. The van der Waals surface area contributed by atoms with Crippen molar-refractivity contribution in [2.75, 3.05) is 39.3 Å². The van der Waals surface area contributed by atoms with E-state index in [1.54, 1.807) is 6.07 Å². The largest absolute Gasteiger partial charge is 0.460 e. The van der Waals surface area contributed by atoms with Crippen LogP contribution in [0.15, 0.2) is 78.2 Å². The Kier molecular flexibility index (Phi) is 6.72. The highest BCUT2D eigenvalue weighted by molar-refractivity contribution is 7.11. The van der Waals surface area contributed by atoms with Gasteiger partial charge in [0.15, 0.2) is 0 Å². The number of hydrogen-bond donors (Lipinski definition) is 0. The Bertz CT molecular complexity index is 836. The van der Waals surface area contributed by atoms with Crippen molar-refractivity contribution < 1.29 is 9.53 Å². The molecule has 2 heterocycles. The molecule has 0 N–H and O–H groups in total. The minimum atomic E-state index is -0.216. The first-order valence-corrected chi connectivity index (χ1v) is 11.0. The monoisotopic (exact) mass is 406 g/mol. The van der Waals surface area contributed by atoms with E-state index in [1.807, 2.05) is 11.4 Å². The number of nitrogens with zero attached hydrogens (tertiary/aromatic N) is 2.